The minimum atomic E-state index is -1.37. The highest BCUT2D eigenvalue weighted by atomic mass is 16.3. The Kier molecular flexibility index (Phi) is 17.6. The van der Waals surface area contributed by atoms with E-state index < -0.39 is 47.6 Å². The van der Waals surface area contributed by atoms with Gasteiger partial charge in [0.25, 0.3) is 0 Å². The fourth-order valence-corrected chi connectivity index (χ4v) is 5.29. The number of likely N-dealkylation sites (N-methyl/N-ethyl adjacent to an activating group) is 1. The largest absolute Gasteiger partial charge is 0.374 e. The van der Waals surface area contributed by atoms with Gasteiger partial charge < -0.3 is 41.7 Å². The summed E-state index contributed by atoms with van der Waals surface area (Å²) in [6, 6.07) is -2.30. The monoisotopic (exact) mass is 763 g/mol. The third-order valence-electron chi connectivity index (χ3n) is 8.54. The van der Waals surface area contributed by atoms with Crippen LogP contribution in [-0.4, -0.2) is 125 Å². The molecule has 1 unspecified atom stereocenters. The Balaban J connectivity index is 2.20. The topological polar surface area (TPSA) is 236 Å². The number of allylic oxidation sites excluding steroid dienone is 5. The minimum absolute atomic E-state index is 0.00493. The van der Waals surface area contributed by atoms with Gasteiger partial charge in [0.15, 0.2) is 0 Å². The Bertz CT molecular complexity index is 1670. The van der Waals surface area contributed by atoms with Crippen molar-refractivity contribution in [2.75, 3.05) is 33.7 Å². The molecule has 0 radical (unpaired) electrons. The summed E-state index contributed by atoms with van der Waals surface area (Å²) in [6.45, 7) is 14.0. The number of nitrogens with zero attached hydrogens (tertiary/aromatic N) is 4. The molecule has 300 valence electrons. The van der Waals surface area contributed by atoms with Crippen molar-refractivity contribution in [3.05, 3.63) is 71.9 Å². The number of rotatable bonds is 19. The van der Waals surface area contributed by atoms with Crippen molar-refractivity contribution in [3.8, 4) is 0 Å². The Hall–Kier alpha value is -5.68. The van der Waals surface area contributed by atoms with Crippen molar-refractivity contribution < 1.29 is 29.1 Å². The zero-order chi connectivity index (χ0) is 41.5. The number of urea groups is 1. The van der Waals surface area contributed by atoms with E-state index in [1.54, 1.807) is 58.3 Å². The average molecular weight is 764 g/mol. The summed E-state index contributed by atoms with van der Waals surface area (Å²) in [5.41, 5.74) is 0.166. The van der Waals surface area contributed by atoms with Gasteiger partial charge in [-0.1, -0.05) is 38.7 Å². The Labute approximate surface area is 323 Å². The zero-order valence-corrected chi connectivity index (χ0v) is 33.0. The molecular weight excluding hydrogens is 706 g/mol. The van der Waals surface area contributed by atoms with E-state index in [1.165, 1.54) is 47.2 Å². The molecule has 17 heteroatoms. The number of carbonyl (C=O) groups excluding carboxylic acids is 5. The van der Waals surface area contributed by atoms with Crippen LogP contribution in [0.1, 0.15) is 54.4 Å². The number of likely N-dealkylation sites (tertiary alicyclic amines) is 1. The van der Waals surface area contributed by atoms with E-state index in [2.05, 4.69) is 38.2 Å². The summed E-state index contributed by atoms with van der Waals surface area (Å²) in [4.78, 5) is 73.6. The van der Waals surface area contributed by atoms with Crippen LogP contribution in [0.3, 0.4) is 0 Å². The van der Waals surface area contributed by atoms with Crippen LogP contribution in [0, 0.1) is 16.7 Å². The van der Waals surface area contributed by atoms with Crippen molar-refractivity contribution in [1.29, 1.82) is 10.8 Å². The van der Waals surface area contributed by atoms with E-state index >= 15 is 0 Å². The first kappa shape index (κ1) is 45.5. The van der Waals surface area contributed by atoms with Gasteiger partial charge in [0, 0.05) is 50.0 Å². The van der Waals surface area contributed by atoms with Gasteiger partial charge in [-0.05, 0) is 70.3 Å². The first-order valence-corrected chi connectivity index (χ1v) is 17.9. The molecule has 2 aliphatic rings. The van der Waals surface area contributed by atoms with Gasteiger partial charge in [-0.2, -0.15) is 0 Å². The number of amides is 6. The Morgan fingerprint density at radius 1 is 1.18 bits per heavy atom. The summed E-state index contributed by atoms with van der Waals surface area (Å²) in [5.74, 6) is -1.92. The van der Waals surface area contributed by atoms with E-state index in [0.717, 1.165) is 6.21 Å². The molecule has 0 aromatic heterocycles. The number of carbonyl (C=O) groups is 5. The van der Waals surface area contributed by atoms with Crippen LogP contribution in [0.4, 0.5) is 4.79 Å². The number of hydrogen-bond donors (Lipinski definition) is 8. The zero-order valence-electron chi connectivity index (χ0n) is 33.0. The second-order valence-corrected chi connectivity index (χ2v) is 14.1. The lowest BCUT2D eigenvalue weighted by atomic mass is 10.00. The molecule has 1 saturated heterocycles. The highest BCUT2D eigenvalue weighted by Crippen LogP contribution is 2.22. The lowest BCUT2D eigenvalue weighted by Crippen LogP contribution is -2.61. The van der Waals surface area contributed by atoms with Crippen LogP contribution in [0.15, 0.2) is 76.9 Å². The maximum Gasteiger partial charge on any atom is 0.327 e. The predicted octanol–water partition coefficient (Wildman–Crippen LogP) is 1.64. The summed E-state index contributed by atoms with van der Waals surface area (Å²) in [6.07, 6.45) is 13.1. The van der Waals surface area contributed by atoms with Gasteiger partial charge in [0.2, 0.25) is 23.6 Å². The molecule has 0 aliphatic carbocycles. The average Bonchev–Trinajstić information content (AvgIpc) is 3.62. The highest BCUT2D eigenvalue weighted by molar-refractivity contribution is 5.96. The van der Waals surface area contributed by atoms with Gasteiger partial charge in [0.05, 0.1) is 25.5 Å². The van der Waals surface area contributed by atoms with Crippen molar-refractivity contribution in [3.63, 3.8) is 0 Å². The second-order valence-electron chi connectivity index (χ2n) is 14.1. The SMILES string of the molecule is C=C(/C=C\C(C)=N)N/C=N/C1=C(C=N)CN(/C=C/C(=C\C=C\C)C(O)N[C@H](C(=O)N2CCC[C@H]2C(=O)NC(C)(C)C(=O)NCC(=O)N(C)C)C(C)C)C(=O)N1. The molecule has 1 fully saturated rings. The molecule has 0 spiro atoms. The maximum absolute atomic E-state index is 14.0. The quantitative estimate of drug-likeness (QED) is 0.0416. The number of nitrogens with one attached hydrogen (secondary N) is 7. The van der Waals surface area contributed by atoms with E-state index in [1.807, 2.05) is 13.8 Å². The van der Waals surface area contributed by atoms with Crippen LogP contribution in [0.2, 0.25) is 0 Å². The fourth-order valence-electron chi connectivity index (χ4n) is 5.29. The van der Waals surface area contributed by atoms with Crippen LogP contribution < -0.4 is 26.6 Å². The van der Waals surface area contributed by atoms with E-state index in [-0.39, 0.29) is 30.7 Å². The van der Waals surface area contributed by atoms with Crippen LogP contribution in [-0.2, 0) is 19.2 Å². The van der Waals surface area contributed by atoms with Crippen molar-refractivity contribution in [2.24, 2.45) is 10.9 Å². The molecule has 6 amide bonds. The molecule has 0 aromatic rings. The van der Waals surface area contributed by atoms with E-state index in [4.69, 9.17) is 10.8 Å². The maximum atomic E-state index is 14.0. The molecular formula is C38H57N11O6. The van der Waals surface area contributed by atoms with Crippen LogP contribution in [0.5, 0.6) is 0 Å². The Morgan fingerprint density at radius 2 is 1.87 bits per heavy atom. The smallest absolute Gasteiger partial charge is 0.327 e. The van der Waals surface area contributed by atoms with Gasteiger partial charge in [-0.15, -0.1) is 0 Å². The molecule has 0 aromatic carbocycles. The summed E-state index contributed by atoms with van der Waals surface area (Å²) in [5, 5.41) is 40.5. The summed E-state index contributed by atoms with van der Waals surface area (Å²) >= 11 is 0. The number of aliphatic hydroxyl groups is 1. The number of aliphatic hydroxyl groups excluding tert-OH is 1. The number of aliphatic imine (C=N–C) groups is 1. The molecule has 2 rings (SSSR count). The van der Waals surface area contributed by atoms with E-state index in [9.17, 15) is 29.1 Å². The highest BCUT2D eigenvalue weighted by Gasteiger charge is 2.41. The van der Waals surface area contributed by atoms with Crippen molar-refractivity contribution in [2.45, 2.75) is 78.2 Å². The first-order chi connectivity index (χ1) is 25.8. The van der Waals surface area contributed by atoms with Gasteiger partial charge >= 0.3 is 6.03 Å². The fraction of sp³-hybridized carbons (Fsp3) is 0.474. The van der Waals surface area contributed by atoms with Crippen molar-refractivity contribution in [1.82, 2.24) is 41.3 Å². The van der Waals surface area contributed by atoms with Crippen LogP contribution in [0.25, 0.3) is 0 Å². The first-order valence-electron chi connectivity index (χ1n) is 17.9. The van der Waals surface area contributed by atoms with Gasteiger partial charge in [-0.3, -0.25) is 34.7 Å². The number of hydrogen-bond acceptors (Lipinski definition) is 10. The van der Waals surface area contributed by atoms with E-state index in [0.29, 0.717) is 41.9 Å². The van der Waals surface area contributed by atoms with Crippen LogP contribution >= 0.6 is 0 Å². The second kappa shape index (κ2) is 21.3. The molecule has 2 heterocycles. The lowest BCUT2D eigenvalue weighted by Gasteiger charge is -2.34. The van der Waals surface area contributed by atoms with Gasteiger partial charge in [-0.25, -0.2) is 9.79 Å². The molecule has 8 N–H and O–H groups in total. The van der Waals surface area contributed by atoms with Gasteiger partial charge in [0.1, 0.15) is 23.6 Å². The third kappa shape index (κ3) is 13.9. The molecule has 0 saturated carbocycles. The molecule has 0 bridgehead atoms. The standard InChI is InChI=1S/C38H57N11O6/c1-10-11-13-27(17-19-48-22-28(20-39)32(45-37(48)55)43-23-42-26(5)16-15-25(4)40)33(51)44-31(24(2)3)35(53)49-18-12-14-29(49)34(52)46-38(6,7)36(54)41-21-30(50)47(8)9/h10-11,13,15-17,19-20,23-24,29,31,33,39-40,44,51H,5,12,14,18,21-22H2,1-4,6-9H3,(H,41,54)(H,42,43)(H,45,55)(H,46,52)/b11-10+,16-15-,19-17+,27-13+,39-20?,40-25?/t29-,31-,33?/m0/s1. The Morgan fingerprint density at radius 3 is 2.47 bits per heavy atom. The molecule has 3 atom stereocenters. The lowest BCUT2D eigenvalue weighted by molar-refractivity contribution is -0.143. The molecule has 17 nitrogen and oxygen atoms in total. The summed E-state index contributed by atoms with van der Waals surface area (Å²) in [7, 11) is 3.13. The predicted molar refractivity (Wildman–Crippen MR) is 213 cm³/mol. The van der Waals surface area contributed by atoms with Crippen molar-refractivity contribution >= 4 is 47.9 Å². The minimum Gasteiger partial charge on any atom is -0.374 e. The molecule has 2 aliphatic heterocycles. The third-order valence-corrected chi connectivity index (χ3v) is 8.54. The normalized spacial score (nSPS) is 18.0. The molecule has 55 heavy (non-hydrogen) atoms. The summed E-state index contributed by atoms with van der Waals surface area (Å²) < 4.78 is 0.